The molecule has 2 aromatic carbocycles. The molecule has 1 atom stereocenters. The average Bonchev–Trinajstić information content (AvgIpc) is 2.73. The molecule has 0 saturated carbocycles. The van der Waals surface area contributed by atoms with Crippen LogP contribution in [-0.4, -0.2) is 66.7 Å². The topological polar surface area (TPSA) is 21.8 Å². The Kier molecular flexibility index (Phi) is 6.89. The van der Waals surface area contributed by atoms with Gasteiger partial charge in [0, 0.05) is 68.9 Å². The minimum Gasteiger partial charge on any atom is -0.313 e. The molecule has 4 nitrogen and oxygen atoms in total. The Hall–Kier alpha value is -1.14. The van der Waals surface area contributed by atoms with Crippen molar-refractivity contribution in [1.29, 1.82) is 0 Å². The molecule has 0 aliphatic carbocycles. The Labute approximate surface area is 178 Å². The summed E-state index contributed by atoms with van der Waals surface area (Å²) in [5, 5.41) is 5.19. The van der Waals surface area contributed by atoms with Gasteiger partial charge in [0.15, 0.2) is 0 Å². The van der Waals surface area contributed by atoms with Crippen molar-refractivity contribution < 1.29 is 0 Å². The molecule has 1 unspecified atom stereocenters. The van der Waals surface area contributed by atoms with Crippen LogP contribution in [0.2, 0.25) is 10.0 Å². The van der Waals surface area contributed by atoms with Crippen molar-refractivity contribution in [2.24, 2.45) is 0 Å². The zero-order valence-electron chi connectivity index (χ0n) is 16.2. The smallest absolute Gasteiger partial charge is 0.0755 e. The fourth-order valence-corrected chi connectivity index (χ4v) is 4.42. The number of piperazine rings is 2. The minimum absolute atomic E-state index is 0.460. The van der Waals surface area contributed by atoms with Crippen molar-refractivity contribution in [3.8, 4) is 0 Å². The lowest BCUT2D eigenvalue weighted by molar-refractivity contribution is -0.0112. The molecule has 0 aromatic heterocycles. The number of nitrogens with one attached hydrogen (secondary N) is 1. The third-order valence-electron chi connectivity index (χ3n) is 5.77. The lowest BCUT2D eigenvalue weighted by atomic mass is 10.1. The Bertz CT molecular complexity index is 742. The maximum absolute atomic E-state index is 6.04. The van der Waals surface area contributed by atoms with Crippen LogP contribution in [0.15, 0.2) is 48.5 Å². The highest BCUT2D eigenvalue weighted by Crippen LogP contribution is 2.18. The fourth-order valence-electron chi connectivity index (χ4n) is 4.17. The summed E-state index contributed by atoms with van der Waals surface area (Å²) in [5.41, 5.74) is 2.67. The molecule has 2 heterocycles. The quantitative estimate of drug-likeness (QED) is 0.800. The van der Waals surface area contributed by atoms with Crippen molar-refractivity contribution in [2.45, 2.75) is 19.3 Å². The molecular weight excluding hydrogens is 391 g/mol. The zero-order valence-corrected chi connectivity index (χ0v) is 17.7. The van der Waals surface area contributed by atoms with Gasteiger partial charge in [-0.1, -0.05) is 47.5 Å². The van der Waals surface area contributed by atoms with E-state index < -0.39 is 0 Å². The highest BCUT2D eigenvalue weighted by molar-refractivity contribution is 6.30. The molecule has 28 heavy (non-hydrogen) atoms. The van der Waals surface area contributed by atoms with Gasteiger partial charge < -0.3 is 5.32 Å². The van der Waals surface area contributed by atoms with Crippen molar-refractivity contribution in [3.05, 3.63) is 69.7 Å². The van der Waals surface area contributed by atoms with E-state index in [-0.39, 0.29) is 0 Å². The molecule has 0 radical (unpaired) electrons. The van der Waals surface area contributed by atoms with Crippen molar-refractivity contribution >= 4 is 23.2 Å². The number of rotatable bonds is 5. The maximum Gasteiger partial charge on any atom is 0.0755 e. The minimum atomic E-state index is 0.460. The van der Waals surface area contributed by atoms with Crippen molar-refractivity contribution in [2.75, 3.05) is 45.8 Å². The van der Waals surface area contributed by atoms with Crippen LogP contribution < -0.4 is 5.32 Å². The van der Waals surface area contributed by atoms with Crippen LogP contribution in [0.4, 0.5) is 0 Å². The second-order valence-corrected chi connectivity index (χ2v) is 8.59. The average molecular weight is 419 g/mol. The third-order valence-corrected chi connectivity index (χ3v) is 6.27. The predicted molar refractivity (Wildman–Crippen MR) is 117 cm³/mol. The normalized spacial score (nSPS) is 22.4. The van der Waals surface area contributed by atoms with Gasteiger partial charge in [-0.3, -0.25) is 14.7 Å². The number of nitrogens with zero attached hydrogens (tertiary/aromatic N) is 3. The van der Waals surface area contributed by atoms with E-state index in [0.717, 1.165) is 68.9 Å². The summed E-state index contributed by atoms with van der Waals surface area (Å²) < 4.78 is 0. The summed E-state index contributed by atoms with van der Waals surface area (Å²) in [7, 11) is 0. The maximum atomic E-state index is 6.04. The summed E-state index contributed by atoms with van der Waals surface area (Å²) in [6, 6.07) is 16.5. The first-order valence-corrected chi connectivity index (χ1v) is 10.8. The van der Waals surface area contributed by atoms with Crippen molar-refractivity contribution in [1.82, 2.24) is 20.0 Å². The van der Waals surface area contributed by atoms with Crippen LogP contribution >= 0.6 is 23.2 Å². The van der Waals surface area contributed by atoms with Gasteiger partial charge in [0.25, 0.3) is 0 Å². The van der Waals surface area contributed by atoms with Gasteiger partial charge in [-0.2, -0.15) is 0 Å². The molecule has 2 aromatic rings. The molecule has 0 spiro atoms. The highest BCUT2D eigenvalue weighted by atomic mass is 35.5. The number of halogens is 2. The van der Waals surface area contributed by atoms with Gasteiger partial charge in [-0.05, 0) is 35.4 Å². The summed E-state index contributed by atoms with van der Waals surface area (Å²) in [6.07, 6.45) is 0.460. The van der Waals surface area contributed by atoms with E-state index in [1.165, 1.54) is 11.1 Å². The first kappa shape index (κ1) is 20.1. The monoisotopic (exact) mass is 418 g/mol. The Balaban J connectivity index is 1.32. The lowest BCUT2D eigenvalue weighted by Crippen LogP contribution is -2.62. The third kappa shape index (κ3) is 5.26. The van der Waals surface area contributed by atoms with E-state index in [1.54, 1.807) is 0 Å². The van der Waals surface area contributed by atoms with E-state index in [0.29, 0.717) is 6.17 Å². The molecular formula is C22H28Cl2N4. The van der Waals surface area contributed by atoms with Gasteiger partial charge in [-0.25, -0.2) is 0 Å². The van der Waals surface area contributed by atoms with E-state index in [1.807, 2.05) is 24.3 Å². The SMILES string of the molecule is Clc1ccc(CN2CCN(C3CNCCN3Cc3ccc(Cl)cc3)CC2)cc1. The van der Waals surface area contributed by atoms with Gasteiger partial charge in [0.05, 0.1) is 6.17 Å². The summed E-state index contributed by atoms with van der Waals surface area (Å²) in [6.45, 7) is 9.58. The van der Waals surface area contributed by atoms with E-state index >= 15 is 0 Å². The molecule has 0 bridgehead atoms. The zero-order chi connectivity index (χ0) is 19.3. The lowest BCUT2D eigenvalue weighted by Gasteiger charge is -2.46. The second kappa shape index (κ2) is 9.57. The van der Waals surface area contributed by atoms with Crippen LogP contribution in [0.5, 0.6) is 0 Å². The predicted octanol–water partition coefficient (Wildman–Crippen LogP) is 3.54. The Morgan fingerprint density at radius 3 is 1.93 bits per heavy atom. The largest absolute Gasteiger partial charge is 0.313 e. The van der Waals surface area contributed by atoms with Gasteiger partial charge in [0.1, 0.15) is 0 Å². The van der Waals surface area contributed by atoms with Crippen LogP contribution in [0.3, 0.4) is 0 Å². The van der Waals surface area contributed by atoms with Gasteiger partial charge >= 0.3 is 0 Å². The van der Waals surface area contributed by atoms with Crippen LogP contribution in [0.25, 0.3) is 0 Å². The van der Waals surface area contributed by atoms with E-state index in [9.17, 15) is 0 Å². The number of benzene rings is 2. The molecule has 6 heteroatoms. The number of hydrogen-bond acceptors (Lipinski definition) is 4. The van der Waals surface area contributed by atoms with Crippen molar-refractivity contribution in [3.63, 3.8) is 0 Å². The number of hydrogen-bond donors (Lipinski definition) is 1. The first-order chi connectivity index (χ1) is 13.7. The second-order valence-electron chi connectivity index (χ2n) is 7.72. The summed E-state index contributed by atoms with van der Waals surface area (Å²) in [4.78, 5) is 7.79. The molecule has 4 rings (SSSR count). The first-order valence-electron chi connectivity index (χ1n) is 10.1. The van der Waals surface area contributed by atoms with Crippen LogP contribution in [0.1, 0.15) is 11.1 Å². The summed E-state index contributed by atoms with van der Waals surface area (Å²) >= 11 is 12.0. The molecule has 2 aliphatic heterocycles. The Morgan fingerprint density at radius 2 is 1.32 bits per heavy atom. The van der Waals surface area contributed by atoms with Crippen LogP contribution in [-0.2, 0) is 13.1 Å². The molecule has 2 fully saturated rings. The standard InChI is InChI=1S/C22H28Cl2N4/c23-20-5-1-18(2-6-20)16-26-11-13-27(14-12-26)22-15-25-9-10-28(22)17-19-3-7-21(24)8-4-19/h1-8,22,25H,9-17H2. The Morgan fingerprint density at radius 1 is 0.750 bits per heavy atom. The molecule has 2 saturated heterocycles. The highest BCUT2D eigenvalue weighted by Gasteiger charge is 2.30. The van der Waals surface area contributed by atoms with Gasteiger partial charge in [-0.15, -0.1) is 0 Å². The van der Waals surface area contributed by atoms with E-state index in [4.69, 9.17) is 23.2 Å². The fraction of sp³-hybridized carbons (Fsp3) is 0.455. The molecule has 150 valence electrons. The van der Waals surface area contributed by atoms with Gasteiger partial charge in [0.2, 0.25) is 0 Å². The molecule has 2 aliphatic rings. The molecule has 1 N–H and O–H groups in total. The van der Waals surface area contributed by atoms with Crippen LogP contribution in [0, 0.1) is 0 Å². The van der Waals surface area contributed by atoms with E-state index in [2.05, 4.69) is 44.3 Å². The molecule has 0 amide bonds. The summed E-state index contributed by atoms with van der Waals surface area (Å²) in [5.74, 6) is 0.